The molecule has 0 atom stereocenters. The van der Waals surface area contributed by atoms with Crippen molar-refractivity contribution in [3.63, 3.8) is 0 Å². The van der Waals surface area contributed by atoms with Gasteiger partial charge in [0.2, 0.25) is 6.79 Å². The summed E-state index contributed by atoms with van der Waals surface area (Å²) in [5.41, 5.74) is 2.17. The molecule has 3 rings (SSSR count). The van der Waals surface area contributed by atoms with E-state index in [0.29, 0.717) is 19.6 Å². The molecule has 2 amide bonds. The van der Waals surface area contributed by atoms with E-state index in [0.717, 1.165) is 34.8 Å². The molecule has 2 aromatic carbocycles. The molecule has 26 heavy (non-hydrogen) atoms. The number of amides is 2. The average molecular weight is 356 g/mol. The van der Waals surface area contributed by atoms with E-state index in [1.54, 1.807) is 12.0 Å². The SMILES string of the molecule is CCN(Cc1ccc(OC)cc1)C(=O)NCCc1ccc2c(c1)OCO2. The van der Waals surface area contributed by atoms with Gasteiger partial charge in [0.25, 0.3) is 0 Å². The van der Waals surface area contributed by atoms with E-state index in [9.17, 15) is 4.79 Å². The first-order valence-corrected chi connectivity index (χ1v) is 8.74. The molecule has 0 aromatic heterocycles. The number of fused-ring (bicyclic) bond motifs is 1. The number of carbonyl (C=O) groups excluding carboxylic acids is 1. The van der Waals surface area contributed by atoms with Crippen molar-refractivity contribution < 1.29 is 19.0 Å². The molecule has 1 aliphatic rings. The van der Waals surface area contributed by atoms with Gasteiger partial charge in [-0.2, -0.15) is 0 Å². The van der Waals surface area contributed by atoms with Crippen molar-refractivity contribution in [1.82, 2.24) is 10.2 Å². The lowest BCUT2D eigenvalue weighted by molar-refractivity contribution is 0.174. The molecule has 6 nitrogen and oxygen atoms in total. The van der Waals surface area contributed by atoms with Crippen LogP contribution in [0.25, 0.3) is 0 Å². The zero-order chi connectivity index (χ0) is 18.4. The number of nitrogens with zero attached hydrogens (tertiary/aromatic N) is 1. The number of hydrogen-bond donors (Lipinski definition) is 1. The van der Waals surface area contributed by atoms with Gasteiger partial charge in [-0.25, -0.2) is 4.79 Å². The van der Waals surface area contributed by atoms with Crippen molar-refractivity contribution in [2.24, 2.45) is 0 Å². The van der Waals surface area contributed by atoms with Crippen LogP contribution in [0.1, 0.15) is 18.1 Å². The maximum atomic E-state index is 12.4. The third-order valence-corrected chi connectivity index (χ3v) is 4.33. The fourth-order valence-corrected chi connectivity index (χ4v) is 2.80. The number of methoxy groups -OCH3 is 1. The van der Waals surface area contributed by atoms with Gasteiger partial charge in [0.15, 0.2) is 11.5 Å². The number of nitrogens with one attached hydrogen (secondary N) is 1. The normalized spacial score (nSPS) is 11.9. The van der Waals surface area contributed by atoms with Gasteiger partial charge >= 0.3 is 6.03 Å². The molecule has 1 heterocycles. The average Bonchev–Trinajstić information content (AvgIpc) is 3.14. The second-order valence-electron chi connectivity index (χ2n) is 6.03. The summed E-state index contributed by atoms with van der Waals surface area (Å²) < 4.78 is 15.8. The van der Waals surface area contributed by atoms with Crippen LogP contribution in [0.4, 0.5) is 4.79 Å². The molecule has 0 aliphatic carbocycles. The third-order valence-electron chi connectivity index (χ3n) is 4.33. The Morgan fingerprint density at radius 2 is 1.85 bits per heavy atom. The lowest BCUT2D eigenvalue weighted by Gasteiger charge is -2.21. The van der Waals surface area contributed by atoms with Gasteiger partial charge < -0.3 is 24.4 Å². The number of urea groups is 1. The third kappa shape index (κ3) is 4.39. The highest BCUT2D eigenvalue weighted by atomic mass is 16.7. The summed E-state index contributed by atoms with van der Waals surface area (Å²) in [6.45, 7) is 4.02. The Bertz CT molecular complexity index is 746. The van der Waals surface area contributed by atoms with E-state index in [1.165, 1.54) is 0 Å². The predicted molar refractivity (Wildman–Crippen MR) is 98.7 cm³/mol. The highest BCUT2D eigenvalue weighted by Gasteiger charge is 2.14. The second-order valence-corrected chi connectivity index (χ2v) is 6.03. The Morgan fingerprint density at radius 1 is 1.12 bits per heavy atom. The molecule has 0 unspecified atom stereocenters. The van der Waals surface area contributed by atoms with Gasteiger partial charge in [0, 0.05) is 19.6 Å². The smallest absolute Gasteiger partial charge is 0.317 e. The van der Waals surface area contributed by atoms with Gasteiger partial charge in [0.1, 0.15) is 5.75 Å². The van der Waals surface area contributed by atoms with Crippen molar-refractivity contribution >= 4 is 6.03 Å². The largest absolute Gasteiger partial charge is 0.497 e. The minimum absolute atomic E-state index is 0.0657. The lowest BCUT2D eigenvalue weighted by atomic mass is 10.1. The highest BCUT2D eigenvalue weighted by Crippen LogP contribution is 2.32. The van der Waals surface area contributed by atoms with Gasteiger partial charge in [-0.3, -0.25) is 0 Å². The van der Waals surface area contributed by atoms with Crippen LogP contribution in [-0.4, -0.2) is 37.9 Å². The molecule has 138 valence electrons. The van der Waals surface area contributed by atoms with Crippen LogP contribution in [0.5, 0.6) is 17.2 Å². The summed E-state index contributed by atoms with van der Waals surface area (Å²) in [5, 5.41) is 2.98. The van der Waals surface area contributed by atoms with Crippen molar-refractivity contribution in [2.75, 3.05) is 27.0 Å². The molecule has 1 N–H and O–H groups in total. The van der Waals surface area contributed by atoms with Gasteiger partial charge in [-0.05, 0) is 48.7 Å². The lowest BCUT2D eigenvalue weighted by Crippen LogP contribution is -2.40. The molecule has 0 radical (unpaired) electrons. The van der Waals surface area contributed by atoms with Crippen LogP contribution in [0.3, 0.4) is 0 Å². The van der Waals surface area contributed by atoms with Crippen LogP contribution in [0, 0.1) is 0 Å². The molecule has 6 heteroatoms. The van der Waals surface area contributed by atoms with Crippen LogP contribution in [0.2, 0.25) is 0 Å². The summed E-state index contributed by atoms with van der Waals surface area (Å²) >= 11 is 0. The molecule has 0 saturated heterocycles. The van der Waals surface area contributed by atoms with Crippen LogP contribution in [-0.2, 0) is 13.0 Å². The monoisotopic (exact) mass is 356 g/mol. The van der Waals surface area contributed by atoms with E-state index < -0.39 is 0 Å². The summed E-state index contributed by atoms with van der Waals surface area (Å²) in [4.78, 5) is 14.2. The zero-order valence-corrected chi connectivity index (χ0v) is 15.2. The van der Waals surface area contributed by atoms with Gasteiger partial charge in [-0.15, -0.1) is 0 Å². The first kappa shape index (κ1) is 17.9. The van der Waals surface area contributed by atoms with E-state index >= 15 is 0 Å². The number of hydrogen-bond acceptors (Lipinski definition) is 4. The number of rotatable bonds is 7. The second kappa shape index (κ2) is 8.47. The minimum atomic E-state index is -0.0657. The quantitative estimate of drug-likeness (QED) is 0.828. The predicted octanol–water partition coefficient (Wildman–Crippen LogP) is 3.20. The molecule has 0 spiro atoms. The number of ether oxygens (including phenoxy) is 3. The number of carbonyl (C=O) groups is 1. The Morgan fingerprint density at radius 3 is 2.58 bits per heavy atom. The van der Waals surface area contributed by atoms with Crippen molar-refractivity contribution in [3.05, 3.63) is 53.6 Å². The molecule has 2 aromatic rings. The Labute approximate surface area is 153 Å². The number of benzene rings is 2. The first-order valence-electron chi connectivity index (χ1n) is 8.74. The van der Waals surface area contributed by atoms with Crippen LogP contribution in [0.15, 0.2) is 42.5 Å². The van der Waals surface area contributed by atoms with E-state index in [1.807, 2.05) is 49.4 Å². The highest BCUT2D eigenvalue weighted by molar-refractivity contribution is 5.74. The van der Waals surface area contributed by atoms with Crippen molar-refractivity contribution in [1.29, 1.82) is 0 Å². The molecule has 0 fully saturated rings. The van der Waals surface area contributed by atoms with Crippen LogP contribution >= 0.6 is 0 Å². The van der Waals surface area contributed by atoms with E-state index in [-0.39, 0.29) is 12.8 Å². The van der Waals surface area contributed by atoms with Crippen molar-refractivity contribution in [3.8, 4) is 17.2 Å². The minimum Gasteiger partial charge on any atom is -0.497 e. The van der Waals surface area contributed by atoms with Gasteiger partial charge in [0.05, 0.1) is 7.11 Å². The maximum absolute atomic E-state index is 12.4. The zero-order valence-electron chi connectivity index (χ0n) is 15.2. The molecular formula is C20H24N2O4. The fraction of sp³-hybridized carbons (Fsp3) is 0.350. The maximum Gasteiger partial charge on any atom is 0.317 e. The van der Waals surface area contributed by atoms with E-state index in [2.05, 4.69) is 5.32 Å². The summed E-state index contributed by atoms with van der Waals surface area (Å²) in [7, 11) is 1.64. The van der Waals surface area contributed by atoms with Gasteiger partial charge in [-0.1, -0.05) is 18.2 Å². The fourth-order valence-electron chi connectivity index (χ4n) is 2.80. The van der Waals surface area contributed by atoms with Crippen LogP contribution < -0.4 is 19.5 Å². The molecule has 0 saturated carbocycles. The first-order chi connectivity index (χ1) is 12.7. The Balaban J connectivity index is 1.49. The summed E-state index contributed by atoms with van der Waals surface area (Å²) in [6, 6.07) is 13.5. The molecular weight excluding hydrogens is 332 g/mol. The van der Waals surface area contributed by atoms with Crippen molar-refractivity contribution in [2.45, 2.75) is 19.9 Å². The van der Waals surface area contributed by atoms with E-state index in [4.69, 9.17) is 14.2 Å². The Kier molecular flexibility index (Phi) is 5.84. The summed E-state index contributed by atoms with van der Waals surface area (Å²) in [6.07, 6.45) is 0.739. The topological polar surface area (TPSA) is 60.0 Å². The summed E-state index contributed by atoms with van der Waals surface area (Å²) in [5.74, 6) is 2.35. The molecule has 1 aliphatic heterocycles. The standard InChI is InChI=1S/C20H24N2O4/c1-3-22(13-16-4-7-17(24-2)8-5-16)20(23)21-11-10-15-6-9-18-19(12-15)26-14-25-18/h4-9,12H,3,10-11,13-14H2,1-2H3,(H,21,23). The Hall–Kier alpha value is -2.89. The molecule has 0 bridgehead atoms.